The van der Waals surface area contributed by atoms with Gasteiger partial charge in [0.05, 0.1) is 11.6 Å². The van der Waals surface area contributed by atoms with Gasteiger partial charge in [0.15, 0.2) is 0 Å². The standard InChI is InChI=1S/C27H23N/c1-17-18(2)27-24-13-11-21(20-9-7-19(16-28)8-10-20)15-22(24)12-14-26(27)25-6-4-3-5-23(17)25/h3-10,12,14,21H,11,13,15H2,1-2H3. The molecule has 1 unspecified atom stereocenters. The van der Waals surface area contributed by atoms with Crippen LogP contribution in [0.1, 0.15) is 45.7 Å². The molecule has 0 fully saturated rings. The maximum Gasteiger partial charge on any atom is 0.0991 e. The Morgan fingerprint density at radius 3 is 2.32 bits per heavy atom. The molecule has 136 valence electrons. The van der Waals surface area contributed by atoms with Crippen molar-refractivity contribution in [2.24, 2.45) is 0 Å². The van der Waals surface area contributed by atoms with Gasteiger partial charge in [0.25, 0.3) is 0 Å². The highest BCUT2D eigenvalue weighted by Gasteiger charge is 2.23. The molecule has 0 heterocycles. The van der Waals surface area contributed by atoms with Gasteiger partial charge in [0.1, 0.15) is 0 Å². The fraction of sp³-hybridized carbons (Fsp3) is 0.222. The first-order valence-corrected chi connectivity index (χ1v) is 10.1. The lowest BCUT2D eigenvalue weighted by Gasteiger charge is -2.27. The third-order valence-corrected chi connectivity index (χ3v) is 6.69. The second-order valence-electron chi connectivity index (χ2n) is 8.09. The van der Waals surface area contributed by atoms with Crippen molar-refractivity contribution >= 4 is 21.5 Å². The van der Waals surface area contributed by atoms with E-state index < -0.39 is 0 Å². The topological polar surface area (TPSA) is 23.8 Å². The fourth-order valence-electron chi connectivity index (χ4n) is 5.06. The van der Waals surface area contributed by atoms with Gasteiger partial charge in [-0.2, -0.15) is 5.26 Å². The Morgan fingerprint density at radius 2 is 1.57 bits per heavy atom. The molecule has 1 nitrogen and oxygen atoms in total. The maximum absolute atomic E-state index is 9.04. The SMILES string of the molecule is Cc1c(C)c2c3c(ccc2c2ccccc12)CC(c1ccc(C#N)cc1)CC3. The summed E-state index contributed by atoms with van der Waals surface area (Å²) in [7, 11) is 0. The molecule has 0 aliphatic heterocycles. The molecule has 4 aromatic rings. The summed E-state index contributed by atoms with van der Waals surface area (Å²) < 4.78 is 0. The lowest BCUT2D eigenvalue weighted by molar-refractivity contribution is 0.587. The summed E-state index contributed by atoms with van der Waals surface area (Å²) in [5.41, 5.74) is 7.98. The lowest BCUT2D eigenvalue weighted by Crippen LogP contribution is -2.13. The van der Waals surface area contributed by atoms with Gasteiger partial charge in [-0.15, -0.1) is 0 Å². The van der Waals surface area contributed by atoms with Gasteiger partial charge in [-0.05, 0) is 101 Å². The summed E-state index contributed by atoms with van der Waals surface area (Å²) in [6.07, 6.45) is 3.38. The molecule has 0 spiro atoms. The minimum absolute atomic E-state index is 0.541. The Kier molecular flexibility index (Phi) is 3.95. The van der Waals surface area contributed by atoms with Gasteiger partial charge < -0.3 is 0 Å². The second kappa shape index (κ2) is 6.50. The van der Waals surface area contributed by atoms with Gasteiger partial charge >= 0.3 is 0 Å². The molecule has 0 aromatic heterocycles. The smallest absolute Gasteiger partial charge is 0.0991 e. The van der Waals surface area contributed by atoms with Crippen molar-refractivity contribution in [3.8, 4) is 6.07 Å². The van der Waals surface area contributed by atoms with E-state index in [4.69, 9.17) is 5.26 Å². The summed E-state index contributed by atoms with van der Waals surface area (Å²) in [5, 5.41) is 14.7. The molecule has 1 heteroatoms. The average molecular weight is 361 g/mol. The largest absolute Gasteiger partial charge is 0.192 e. The molecule has 5 rings (SSSR count). The number of rotatable bonds is 1. The summed E-state index contributed by atoms with van der Waals surface area (Å²) in [5.74, 6) is 0.541. The van der Waals surface area contributed by atoms with E-state index >= 15 is 0 Å². The predicted octanol–water partition coefficient (Wildman–Crippen LogP) is 6.75. The molecule has 0 N–H and O–H groups in total. The molecule has 0 radical (unpaired) electrons. The van der Waals surface area contributed by atoms with Crippen molar-refractivity contribution in [2.75, 3.05) is 0 Å². The Bertz CT molecular complexity index is 1260. The van der Waals surface area contributed by atoms with Crippen molar-refractivity contribution in [1.29, 1.82) is 5.26 Å². The zero-order valence-electron chi connectivity index (χ0n) is 16.4. The monoisotopic (exact) mass is 361 g/mol. The molecule has 0 bridgehead atoms. The second-order valence-corrected chi connectivity index (χ2v) is 8.09. The van der Waals surface area contributed by atoms with Crippen LogP contribution >= 0.6 is 0 Å². The molecule has 28 heavy (non-hydrogen) atoms. The quantitative estimate of drug-likeness (QED) is 0.344. The van der Waals surface area contributed by atoms with E-state index in [0.717, 1.165) is 18.4 Å². The van der Waals surface area contributed by atoms with E-state index in [9.17, 15) is 0 Å². The first kappa shape index (κ1) is 17.0. The van der Waals surface area contributed by atoms with E-state index in [-0.39, 0.29) is 0 Å². The van der Waals surface area contributed by atoms with Crippen LogP contribution in [0.5, 0.6) is 0 Å². The molecule has 4 aromatic carbocycles. The maximum atomic E-state index is 9.04. The number of aryl methyl sites for hydroxylation is 3. The summed E-state index contributed by atoms with van der Waals surface area (Å²) >= 11 is 0. The number of benzene rings is 4. The minimum atomic E-state index is 0.541. The fourth-order valence-corrected chi connectivity index (χ4v) is 5.06. The van der Waals surface area contributed by atoms with Gasteiger partial charge in [-0.25, -0.2) is 0 Å². The molecule has 0 amide bonds. The van der Waals surface area contributed by atoms with Gasteiger partial charge in [0, 0.05) is 0 Å². The Labute approximate surface area is 166 Å². The number of nitrogens with zero attached hydrogens (tertiary/aromatic N) is 1. The van der Waals surface area contributed by atoms with Crippen LogP contribution in [-0.2, 0) is 12.8 Å². The average Bonchev–Trinajstić information content (AvgIpc) is 2.76. The number of nitriles is 1. The van der Waals surface area contributed by atoms with Crippen LogP contribution in [-0.4, -0.2) is 0 Å². The van der Waals surface area contributed by atoms with E-state index in [1.807, 2.05) is 12.1 Å². The molecule has 0 saturated carbocycles. The van der Waals surface area contributed by atoms with Crippen LogP contribution in [0, 0.1) is 25.2 Å². The zero-order chi connectivity index (χ0) is 19.3. The highest BCUT2D eigenvalue weighted by atomic mass is 14.3. The van der Waals surface area contributed by atoms with Gasteiger partial charge in [-0.3, -0.25) is 0 Å². The van der Waals surface area contributed by atoms with Gasteiger partial charge in [-0.1, -0.05) is 48.5 Å². The zero-order valence-corrected chi connectivity index (χ0v) is 16.4. The molecular weight excluding hydrogens is 338 g/mol. The van der Waals surface area contributed by atoms with E-state index in [1.54, 1.807) is 5.56 Å². The first-order valence-electron chi connectivity index (χ1n) is 10.1. The Hall–Kier alpha value is -3.11. The highest BCUT2D eigenvalue weighted by molar-refractivity contribution is 6.11. The van der Waals surface area contributed by atoms with Gasteiger partial charge in [0.2, 0.25) is 0 Å². The lowest BCUT2D eigenvalue weighted by atomic mass is 9.77. The van der Waals surface area contributed by atoms with E-state index in [2.05, 4.69) is 68.4 Å². The van der Waals surface area contributed by atoms with Crippen molar-refractivity contribution in [3.05, 3.63) is 94.0 Å². The van der Waals surface area contributed by atoms with E-state index in [1.165, 1.54) is 50.2 Å². The van der Waals surface area contributed by atoms with Crippen LogP contribution in [0.15, 0.2) is 60.7 Å². The van der Waals surface area contributed by atoms with Crippen LogP contribution < -0.4 is 0 Å². The van der Waals surface area contributed by atoms with Crippen molar-refractivity contribution in [3.63, 3.8) is 0 Å². The van der Waals surface area contributed by atoms with Crippen LogP contribution in [0.25, 0.3) is 21.5 Å². The summed E-state index contributed by atoms with van der Waals surface area (Å²) in [4.78, 5) is 0. The molecule has 1 aliphatic rings. The first-order chi connectivity index (χ1) is 13.7. The van der Waals surface area contributed by atoms with Crippen molar-refractivity contribution < 1.29 is 0 Å². The normalized spacial score (nSPS) is 16.1. The third kappa shape index (κ3) is 2.53. The molecule has 1 atom stereocenters. The number of hydrogen-bond acceptors (Lipinski definition) is 1. The third-order valence-electron chi connectivity index (χ3n) is 6.69. The highest BCUT2D eigenvalue weighted by Crippen LogP contribution is 2.40. The minimum Gasteiger partial charge on any atom is -0.192 e. The summed E-state index contributed by atoms with van der Waals surface area (Å²) in [6.45, 7) is 4.55. The Balaban J connectivity index is 1.64. The molecule has 0 saturated heterocycles. The van der Waals surface area contributed by atoms with E-state index in [0.29, 0.717) is 5.92 Å². The van der Waals surface area contributed by atoms with Crippen molar-refractivity contribution in [2.45, 2.75) is 39.0 Å². The number of fused-ring (bicyclic) bond motifs is 5. The summed E-state index contributed by atoms with van der Waals surface area (Å²) in [6, 6.07) is 23.9. The van der Waals surface area contributed by atoms with Crippen LogP contribution in [0.4, 0.5) is 0 Å². The molecular formula is C27H23N. The van der Waals surface area contributed by atoms with Crippen LogP contribution in [0.2, 0.25) is 0 Å². The number of hydrogen-bond donors (Lipinski definition) is 0. The Morgan fingerprint density at radius 1 is 0.821 bits per heavy atom. The van der Waals surface area contributed by atoms with Crippen molar-refractivity contribution in [1.82, 2.24) is 0 Å². The molecule has 1 aliphatic carbocycles. The van der Waals surface area contributed by atoms with Crippen LogP contribution in [0.3, 0.4) is 0 Å². The predicted molar refractivity (Wildman–Crippen MR) is 117 cm³/mol.